The molecule has 0 bridgehead atoms. The Balaban J connectivity index is 2.22. The number of hydrogen-bond donors (Lipinski definition) is 1. The maximum atomic E-state index is 3.75. The van der Waals surface area contributed by atoms with Crippen LogP contribution in [-0.4, -0.2) is 12.1 Å². The van der Waals surface area contributed by atoms with E-state index in [0.717, 1.165) is 6.54 Å². The average Bonchev–Trinajstić information content (AvgIpc) is 2.39. The van der Waals surface area contributed by atoms with Gasteiger partial charge in [-0.05, 0) is 56.7 Å². The van der Waals surface area contributed by atoms with Crippen LogP contribution in [0.2, 0.25) is 0 Å². The van der Waals surface area contributed by atoms with Crippen molar-refractivity contribution in [1.29, 1.82) is 0 Å². The average molecular weight is 352 g/mol. The summed E-state index contributed by atoms with van der Waals surface area (Å²) in [4.78, 5) is 0. The molecule has 1 saturated carbocycles. The zero-order valence-corrected chi connectivity index (χ0v) is 15.8. The molecule has 1 aliphatic rings. The van der Waals surface area contributed by atoms with Crippen LogP contribution in [0.1, 0.15) is 65.9 Å². The van der Waals surface area contributed by atoms with Gasteiger partial charge in [0.25, 0.3) is 0 Å². The van der Waals surface area contributed by atoms with Crippen molar-refractivity contribution in [2.75, 3.05) is 6.54 Å². The van der Waals surface area contributed by atoms with Crippen LogP contribution in [0.5, 0.6) is 0 Å². The summed E-state index contributed by atoms with van der Waals surface area (Å²) in [7, 11) is 0. The van der Waals surface area contributed by atoms with Gasteiger partial charge in [0.2, 0.25) is 0 Å². The van der Waals surface area contributed by atoms with E-state index in [-0.39, 0.29) is 5.54 Å². The Bertz CT molecular complexity index is 457. The Morgan fingerprint density at radius 2 is 1.57 bits per heavy atom. The summed E-state index contributed by atoms with van der Waals surface area (Å²) < 4.78 is 1.17. The maximum absolute atomic E-state index is 3.75. The summed E-state index contributed by atoms with van der Waals surface area (Å²) in [5, 5.41) is 3.75. The molecular formula is C19H30BrN. The van der Waals surface area contributed by atoms with Crippen LogP contribution in [-0.2, 0) is 5.41 Å². The van der Waals surface area contributed by atoms with Gasteiger partial charge in [-0.3, -0.25) is 0 Å². The first kappa shape index (κ1) is 17.0. The van der Waals surface area contributed by atoms with Crippen molar-refractivity contribution in [2.24, 2.45) is 5.41 Å². The lowest BCUT2D eigenvalue weighted by atomic mass is 9.48. The molecule has 118 valence electrons. The van der Waals surface area contributed by atoms with E-state index in [1.807, 2.05) is 0 Å². The fourth-order valence-electron chi connectivity index (χ4n) is 3.80. The summed E-state index contributed by atoms with van der Waals surface area (Å²) in [6, 6.07) is 8.99. The van der Waals surface area contributed by atoms with Crippen molar-refractivity contribution >= 4 is 15.9 Å². The number of nitrogens with one attached hydrogen (secondary N) is 1. The highest BCUT2D eigenvalue weighted by Crippen LogP contribution is 2.59. The SMILES string of the molecule is CCC1(CC)CC(CNC(C)(C)C)(c2ccc(Br)cc2)C1. The summed E-state index contributed by atoms with van der Waals surface area (Å²) in [6.07, 6.45) is 5.24. The molecule has 21 heavy (non-hydrogen) atoms. The highest BCUT2D eigenvalue weighted by molar-refractivity contribution is 9.10. The van der Waals surface area contributed by atoms with Crippen molar-refractivity contribution in [3.63, 3.8) is 0 Å². The lowest BCUT2D eigenvalue weighted by Crippen LogP contribution is -2.56. The molecule has 2 heteroatoms. The first-order valence-corrected chi connectivity index (χ1v) is 9.05. The van der Waals surface area contributed by atoms with Gasteiger partial charge in [0.15, 0.2) is 0 Å². The highest BCUT2D eigenvalue weighted by atomic mass is 79.9. The predicted octanol–water partition coefficient (Wildman–Crippen LogP) is 5.68. The number of rotatable bonds is 5. The Morgan fingerprint density at radius 1 is 1.05 bits per heavy atom. The van der Waals surface area contributed by atoms with E-state index in [0.29, 0.717) is 10.8 Å². The molecule has 0 saturated heterocycles. The molecule has 1 aliphatic carbocycles. The zero-order valence-electron chi connectivity index (χ0n) is 14.2. The molecule has 1 aromatic rings. The Morgan fingerprint density at radius 3 is 2.00 bits per heavy atom. The van der Waals surface area contributed by atoms with Crippen LogP contribution in [0.4, 0.5) is 0 Å². The third-order valence-corrected chi connectivity index (χ3v) is 5.87. The quantitative estimate of drug-likeness (QED) is 0.719. The smallest absolute Gasteiger partial charge is 0.0175 e. The van der Waals surface area contributed by atoms with E-state index >= 15 is 0 Å². The molecule has 0 heterocycles. The van der Waals surface area contributed by atoms with Crippen molar-refractivity contribution < 1.29 is 0 Å². The fraction of sp³-hybridized carbons (Fsp3) is 0.684. The molecule has 2 rings (SSSR count). The van der Waals surface area contributed by atoms with Gasteiger partial charge in [-0.2, -0.15) is 0 Å². The first-order chi connectivity index (χ1) is 9.74. The maximum Gasteiger partial charge on any atom is 0.0175 e. The largest absolute Gasteiger partial charge is 0.311 e. The van der Waals surface area contributed by atoms with Crippen molar-refractivity contribution in [1.82, 2.24) is 5.32 Å². The van der Waals surface area contributed by atoms with Gasteiger partial charge < -0.3 is 5.32 Å². The Labute approximate surface area is 139 Å². The molecule has 0 aromatic heterocycles. The van der Waals surface area contributed by atoms with E-state index in [2.05, 4.69) is 80.1 Å². The van der Waals surface area contributed by atoms with Crippen LogP contribution in [0, 0.1) is 5.41 Å². The van der Waals surface area contributed by atoms with E-state index in [1.54, 1.807) is 0 Å². The van der Waals surface area contributed by atoms with Gasteiger partial charge in [-0.15, -0.1) is 0 Å². The molecule has 0 atom stereocenters. The molecule has 1 nitrogen and oxygen atoms in total. The van der Waals surface area contributed by atoms with Gasteiger partial charge in [0, 0.05) is 22.0 Å². The summed E-state index contributed by atoms with van der Waals surface area (Å²) in [5.74, 6) is 0. The minimum atomic E-state index is 0.180. The summed E-state index contributed by atoms with van der Waals surface area (Å²) in [6.45, 7) is 12.6. The van der Waals surface area contributed by atoms with Gasteiger partial charge in [-0.25, -0.2) is 0 Å². The number of benzene rings is 1. The van der Waals surface area contributed by atoms with E-state index in [9.17, 15) is 0 Å². The standard InChI is InChI=1S/C19H30BrN/c1-6-18(7-2)12-19(13-18,14-21-17(3,4)5)15-8-10-16(20)11-9-15/h8-11,21H,6-7,12-14H2,1-5H3. The molecular weight excluding hydrogens is 322 g/mol. The molecule has 1 aromatic carbocycles. The fourth-order valence-corrected chi connectivity index (χ4v) is 4.07. The Kier molecular flexibility index (Phi) is 4.90. The van der Waals surface area contributed by atoms with E-state index in [4.69, 9.17) is 0 Å². The minimum absolute atomic E-state index is 0.180. The molecule has 0 unspecified atom stereocenters. The second kappa shape index (κ2) is 6.04. The first-order valence-electron chi connectivity index (χ1n) is 8.25. The third-order valence-electron chi connectivity index (χ3n) is 5.34. The number of hydrogen-bond acceptors (Lipinski definition) is 1. The van der Waals surface area contributed by atoms with Crippen molar-refractivity contribution in [3.8, 4) is 0 Å². The van der Waals surface area contributed by atoms with E-state index in [1.165, 1.54) is 35.7 Å². The highest BCUT2D eigenvalue weighted by Gasteiger charge is 2.53. The van der Waals surface area contributed by atoms with Gasteiger partial charge >= 0.3 is 0 Å². The Hall–Kier alpha value is -0.340. The second-order valence-corrected chi connectivity index (χ2v) is 8.87. The molecule has 0 amide bonds. The normalized spacial score (nSPS) is 20.1. The zero-order chi connectivity index (χ0) is 15.7. The summed E-state index contributed by atoms with van der Waals surface area (Å²) in [5.41, 5.74) is 2.56. The van der Waals surface area contributed by atoms with Crippen LogP contribution in [0.3, 0.4) is 0 Å². The second-order valence-electron chi connectivity index (χ2n) is 7.95. The molecule has 0 spiro atoms. The van der Waals surface area contributed by atoms with Crippen molar-refractivity contribution in [3.05, 3.63) is 34.3 Å². The molecule has 0 radical (unpaired) electrons. The van der Waals surface area contributed by atoms with Crippen LogP contribution >= 0.6 is 15.9 Å². The third kappa shape index (κ3) is 3.71. The van der Waals surface area contributed by atoms with Crippen molar-refractivity contribution in [2.45, 2.75) is 71.3 Å². The topological polar surface area (TPSA) is 12.0 Å². The van der Waals surface area contributed by atoms with Crippen LogP contribution in [0.15, 0.2) is 28.7 Å². The molecule has 1 fully saturated rings. The van der Waals surface area contributed by atoms with Gasteiger partial charge in [0.05, 0.1) is 0 Å². The molecule has 0 aliphatic heterocycles. The lowest BCUT2D eigenvalue weighted by molar-refractivity contribution is 0.00942. The monoisotopic (exact) mass is 351 g/mol. The minimum Gasteiger partial charge on any atom is -0.311 e. The lowest BCUT2D eigenvalue weighted by Gasteiger charge is -2.57. The van der Waals surface area contributed by atoms with E-state index < -0.39 is 0 Å². The van der Waals surface area contributed by atoms with Crippen LogP contribution < -0.4 is 5.32 Å². The summed E-state index contributed by atoms with van der Waals surface area (Å²) >= 11 is 3.56. The van der Waals surface area contributed by atoms with Gasteiger partial charge in [-0.1, -0.05) is 54.8 Å². The molecule has 1 N–H and O–H groups in total. The predicted molar refractivity (Wildman–Crippen MR) is 95.8 cm³/mol. The van der Waals surface area contributed by atoms with Crippen LogP contribution in [0.25, 0.3) is 0 Å². The van der Waals surface area contributed by atoms with Gasteiger partial charge in [0.1, 0.15) is 0 Å². The number of halogens is 1.